The minimum Gasteiger partial charge on any atom is -0.213 e. The van der Waals surface area contributed by atoms with Crippen molar-refractivity contribution in [3.63, 3.8) is 0 Å². The molecule has 0 spiro atoms. The lowest BCUT2D eigenvalue weighted by atomic mass is 10.8. The first-order chi connectivity index (χ1) is 4.36. The van der Waals surface area contributed by atoms with Crippen LogP contribution >= 0.6 is 23.7 Å². The van der Waals surface area contributed by atoms with Crippen molar-refractivity contribution in [3.8, 4) is 0 Å². The number of rotatable bonds is 2. The molecule has 0 saturated heterocycles. The van der Waals surface area contributed by atoms with Gasteiger partial charge in [0.25, 0.3) is 0 Å². The van der Waals surface area contributed by atoms with Gasteiger partial charge in [-0.3, -0.25) is 0 Å². The van der Waals surface area contributed by atoms with E-state index in [4.69, 9.17) is 0 Å². The van der Waals surface area contributed by atoms with Crippen LogP contribution in [0, 0.1) is 0 Å². The molecular formula is C5H8N2S2. The molecule has 2 nitrogen and oxygen atoms in total. The topological polar surface area (TPSA) is 17.8 Å². The number of aromatic nitrogens is 2. The van der Waals surface area contributed by atoms with Gasteiger partial charge in [-0.1, -0.05) is 0 Å². The van der Waals surface area contributed by atoms with Crippen LogP contribution < -0.4 is 0 Å². The third-order valence-corrected chi connectivity index (χ3v) is 2.15. The average molecular weight is 160 g/mol. The molecule has 0 aliphatic carbocycles. The Balaban J connectivity index is 2.74. The number of nitrogens with zero attached hydrogens (tertiary/aromatic N) is 2. The monoisotopic (exact) mass is 160 g/mol. The fourth-order valence-corrected chi connectivity index (χ4v) is 1.27. The van der Waals surface area contributed by atoms with Gasteiger partial charge < -0.3 is 0 Å². The summed E-state index contributed by atoms with van der Waals surface area (Å²) in [4.78, 5) is 0. The first-order valence-corrected chi connectivity index (χ1v) is 4.91. The summed E-state index contributed by atoms with van der Waals surface area (Å²) in [5, 5.41) is 5.26. The number of thioether (sulfide) groups is 1. The Morgan fingerprint density at radius 1 is 1.56 bits per heavy atom. The van der Waals surface area contributed by atoms with Crippen molar-refractivity contribution < 1.29 is 0 Å². The average Bonchev–Trinajstić information content (AvgIpc) is 2.34. The maximum Gasteiger partial charge on any atom is 0.119 e. The van der Waals surface area contributed by atoms with E-state index < -0.39 is 0 Å². The first-order valence-electron chi connectivity index (χ1n) is 2.51. The Morgan fingerprint density at radius 3 is 2.67 bits per heavy atom. The van der Waals surface area contributed by atoms with E-state index in [1.165, 1.54) is 0 Å². The zero-order chi connectivity index (χ0) is 6.69. The summed E-state index contributed by atoms with van der Waals surface area (Å²) in [5.74, 6) is 0. The molecule has 0 aliphatic rings. The lowest BCUT2D eigenvalue weighted by molar-refractivity contribution is 0.946. The lowest BCUT2D eigenvalue weighted by Crippen LogP contribution is -1.83. The zero-order valence-corrected chi connectivity index (χ0v) is 7.00. The van der Waals surface area contributed by atoms with E-state index >= 15 is 0 Å². The van der Waals surface area contributed by atoms with Crippen molar-refractivity contribution in [3.05, 3.63) is 12.3 Å². The molecule has 0 saturated carbocycles. The second kappa shape index (κ2) is 3.17. The van der Waals surface area contributed by atoms with Crippen LogP contribution in [0.1, 0.15) is 0 Å². The Bertz CT molecular complexity index is 166. The maximum absolute atomic E-state index is 4.19. The molecule has 0 aliphatic heterocycles. The van der Waals surface area contributed by atoms with Gasteiger partial charge in [-0.05, 0) is 24.3 Å². The molecule has 0 bridgehead atoms. The summed E-state index contributed by atoms with van der Waals surface area (Å²) in [6.07, 6.45) is 5.97. The molecule has 1 heterocycles. The Morgan fingerprint density at radius 2 is 2.33 bits per heavy atom. The van der Waals surface area contributed by atoms with Crippen LogP contribution in [0.3, 0.4) is 0 Å². The fraction of sp³-hybridized carbons (Fsp3) is 0.400. The van der Waals surface area contributed by atoms with E-state index in [0.29, 0.717) is 0 Å². The predicted octanol–water partition coefficient (Wildman–Crippen LogP) is 1.73. The summed E-state index contributed by atoms with van der Waals surface area (Å²) in [6.45, 7) is 0. The van der Waals surface area contributed by atoms with E-state index in [-0.39, 0.29) is 0 Å². The van der Waals surface area contributed by atoms with E-state index in [1.54, 1.807) is 23.7 Å². The lowest BCUT2D eigenvalue weighted by Gasteiger charge is -1.88. The van der Waals surface area contributed by atoms with Crippen molar-refractivity contribution >= 4 is 23.7 Å². The molecular weight excluding hydrogens is 152 g/mol. The molecule has 0 unspecified atom stereocenters. The molecule has 0 N–H and O–H groups in total. The second-order valence-electron chi connectivity index (χ2n) is 1.44. The van der Waals surface area contributed by atoms with Crippen molar-refractivity contribution in [1.29, 1.82) is 0 Å². The highest BCUT2D eigenvalue weighted by Gasteiger charge is 1.92. The number of hydrogen-bond donors (Lipinski definition) is 0. The van der Waals surface area contributed by atoms with Crippen molar-refractivity contribution in [2.75, 3.05) is 12.5 Å². The minimum absolute atomic E-state index is 1.07. The molecule has 0 aromatic carbocycles. The van der Waals surface area contributed by atoms with Crippen LogP contribution in [0.4, 0.5) is 0 Å². The maximum atomic E-state index is 4.19. The Hall–Kier alpha value is -0.0900. The summed E-state index contributed by atoms with van der Waals surface area (Å²) in [5.41, 5.74) is 0. The van der Waals surface area contributed by atoms with Crippen LogP contribution in [-0.4, -0.2) is 21.7 Å². The summed E-state index contributed by atoms with van der Waals surface area (Å²) in [6, 6.07) is 2.00. The second-order valence-corrected chi connectivity index (χ2v) is 3.01. The van der Waals surface area contributed by atoms with Gasteiger partial charge in [0.15, 0.2) is 0 Å². The van der Waals surface area contributed by atoms with E-state index in [2.05, 4.69) is 5.10 Å². The molecule has 4 heteroatoms. The van der Waals surface area contributed by atoms with Gasteiger partial charge in [-0.2, -0.15) is 5.10 Å². The van der Waals surface area contributed by atoms with Crippen LogP contribution in [0.15, 0.2) is 17.3 Å². The largest absolute Gasteiger partial charge is 0.213 e. The van der Waals surface area contributed by atoms with Crippen LogP contribution in [0.25, 0.3) is 0 Å². The molecule has 1 rings (SSSR count). The normalized spacial score (nSPS) is 10.0. The minimum atomic E-state index is 1.07. The standard InChI is InChI=1S/C5H8N2S2/c1-8-5-3-4-7(6-5)9-2/h3-4H,1-2H3. The van der Waals surface area contributed by atoms with Crippen LogP contribution in [-0.2, 0) is 0 Å². The summed E-state index contributed by atoms with van der Waals surface area (Å²) < 4.78 is 1.84. The highest BCUT2D eigenvalue weighted by molar-refractivity contribution is 7.98. The van der Waals surface area contributed by atoms with Gasteiger partial charge in [-0.15, -0.1) is 11.8 Å². The van der Waals surface area contributed by atoms with Crippen molar-refractivity contribution in [2.24, 2.45) is 0 Å². The Kier molecular flexibility index (Phi) is 2.48. The van der Waals surface area contributed by atoms with Gasteiger partial charge in [-0.25, -0.2) is 4.09 Å². The third kappa shape index (κ3) is 1.66. The molecule has 50 valence electrons. The summed E-state index contributed by atoms with van der Waals surface area (Å²) >= 11 is 3.26. The molecule has 0 amide bonds. The number of hydrogen-bond acceptors (Lipinski definition) is 3. The van der Waals surface area contributed by atoms with Crippen molar-refractivity contribution in [2.45, 2.75) is 5.03 Å². The molecule has 0 radical (unpaired) electrons. The molecule has 1 aromatic rings. The highest BCUT2D eigenvalue weighted by Crippen LogP contribution is 2.11. The quantitative estimate of drug-likeness (QED) is 0.614. The van der Waals surface area contributed by atoms with Gasteiger partial charge in [0.2, 0.25) is 0 Å². The molecule has 0 fully saturated rings. The van der Waals surface area contributed by atoms with E-state index in [0.717, 1.165) is 5.03 Å². The predicted molar refractivity (Wildman–Crippen MR) is 42.9 cm³/mol. The van der Waals surface area contributed by atoms with Gasteiger partial charge in [0.1, 0.15) is 5.03 Å². The van der Waals surface area contributed by atoms with Crippen LogP contribution in [0.5, 0.6) is 0 Å². The summed E-state index contributed by atoms with van der Waals surface area (Å²) in [7, 11) is 0. The first kappa shape index (κ1) is 7.02. The van der Waals surface area contributed by atoms with E-state index in [9.17, 15) is 0 Å². The van der Waals surface area contributed by atoms with Crippen LogP contribution in [0.2, 0.25) is 0 Å². The molecule has 1 aromatic heterocycles. The van der Waals surface area contributed by atoms with Gasteiger partial charge in [0, 0.05) is 12.5 Å². The SMILES string of the molecule is CSc1ccn(SC)n1. The van der Waals surface area contributed by atoms with Crippen molar-refractivity contribution in [1.82, 2.24) is 9.19 Å². The third-order valence-electron chi connectivity index (χ3n) is 0.938. The zero-order valence-electron chi connectivity index (χ0n) is 5.37. The fourth-order valence-electron chi connectivity index (χ4n) is 0.502. The smallest absolute Gasteiger partial charge is 0.119 e. The van der Waals surface area contributed by atoms with E-state index in [1.807, 2.05) is 28.9 Å². The molecule has 0 atom stereocenters. The highest BCUT2D eigenvalue weighted by atomic mass is 32.2. The Labute approximate surface area is 63.2 Å². The van der Waals surface area contributed by atoms with Gasteiger partial charge in [0.05, 0.1) is 0 Å². The van der Waals surface area contributed by atoms with Gasteiger partial charge >= 0.3 is 0 Å². The molecule has 9 heavy (non-hydrogen) atoms.